The minimum Gasteiger partial charge on any atom is -0.384 e. The van der Waals surface area contributed by atoms with Gasteiger partial charge in [0.2, 0.25) is 0 Å². The maximum atomic E-state index is 14.0. The van der Waals surface area contributed by atoms with Crippen molar-refractivity contribution in [3.05, 3.63) is 82.2 Å². The molecule has 3 atom stereocenters. The highest BCUT2D eigenvalue weighted by Crippen LogP contribution is 2.46. The van der Waals surface area contributed by atoms with Crippen LogP contribution in [0.1, 0.15) is 85.5 Å². The molecular formula is C30H37N7O2. The number of rotatable bonds is 9. The molecule has 9 heteroatoms. The summed E-state index contributed by atoms with van der Waals surface area (Å²) in [6.45, 7) is 6.56. The van der Waals surface area contributed by atoms with Gasteiger partial charge in [-0.05, 0) is 72.3 Å². The minimum atomic E-state index is -0.276. The quantitative estimate of drug-likeness (QED) is 0.170. The highest BCUT2D eigenvalue weighted by atomic mass is 16.2. The topological polar surface area (TPSA) is 138 Å². The van der Waals surface area contributed by atoms with Crippen LogP contribution in [0.5, 0.6) is 0 Å². The Bertz CT molecular complexity index is 1330. The largest absolute Gasteiger partial charge is 0.384 e. The summed E-state index contributed by atoms with van der Waals surface area (Å²) < 4.78 is 0. The lowest BCUT2D eigenvalue weighted by Crippen LogP contribution is -2.36. The first-order valence-electron chi connectivity index (χ1n) is 13.7. The Morgan fingerprint density at radius 1 is 1.10 bits per heavy atom. The van der Waals surface area contributed by atoms with E-state index in [0.29, 0.717) is 35.4 Å². The van der Waals surface area contributed by atoms with Crippen LogP contribution in [0.15, 0.2) is 70.0 Å². The number of allylic oxidation sites excluding steroid dienone is 1. The molecule has 3 aliphatic rings. The molecule has 0 radical (unpaired) electrons. The first kappa shape index (κ1) is 26.6. The van der Waals surface area contributed by atoms with Crippen LogP contribution in [0.3, 0.4) is 0 Å². The number of nitrogens with zero attached hydrogens (tertiary/aromatic N) is 3. The fourth-order valence-corrected chi connectivity index (χ4v) is 5.80. The van der Waals surface area contributed by atoms with Crippen molar-refractivity contribution in [1.82, 2.24) is 15.8 Å². The van der Waals surface area contributed by atoms with Crippen molar-refractivity contribution in [3.8, 4) is 0 Å². The maximum Gasteiger partial charge on any atom is 0.279 e. The molecule has 204 valence electrons. The van der Waals surface area contributed by atoms with Gasteiger partial charge in [-0.1, -0.05) is 57.2 Å². The number of nitrogens with one attached hydrogen (secondary N) is 2. The van der Waals surface area contributed by atoms with E-state index in [1.54, 1.807) is 12.1 Å². The van der Waals surface area contributed by atoms with E-state index in [0.717, 1.165) is 23.4 Å². The van der Waals surface area contributed by atoms with Gasteiger partial charge in [0.05, 0.1) is 12.6 Å². The molecule has 6 N–H and O–H groups in total. The molecule has 9 nitrogen and oxygen atoms in total. The zero-order valence-corrected chi connectivity index (χ0v) is 22.8. The van der Waals surface area contributed by atoms with E-state index in [9.17, 15) is 9.59 Å². The van der Waals surface area contributed by atoms with E-state index < -0.39 is 0 Å². The predicted molar refractivity (Wildman–Crippen MR) is 153 cm³/mol. The molecule has 0 saturated heterocycles. The van der Waals surface area contributed by atoms with E-state index in [1.807, 2.05) is 29.2 Å². The fraction of sp³-hybridized carbons (Fsp3) is 0.400. The summed E-state index contributed by atoms with van der Waals surface area (Å²) in [6.07, 6.45) is 4.29. The van der Waals surface area contributed by atoms with Crippen molar-refractivity contribution in [2.75, 3.05) is 6.54 Å². The Labute approximate surface area is 229 Å². The number of hydrogen-bond acceptors (Lipinski definition) is 6. The number of carbonyl (C=O) groups excluding carboxylic acids is 2. The van der Waals surface area contributed by atoms with Crippen molar-refractivity contribution in [2.45, 2.75) is 58.4 Å². The van der Waals surface area contributed by atoms with Gasteiger partial charge in [-0.2, -0.15) is 5.10 Å². The number of amidine groups is 1. The van der Waals surface area contributed by atoms with Crippen molar-refractivity contribution >= 4 is 23.4 Å². The van der Waals surface area contributed by atoms with Crippen LogP contribution in [0.4, 0.5) is 0 Å². The standard InChI is InChI=1S/C30H37N7O2/c1-4-24(21-9-13-23(14-10-21)29(38)33-16-25(31)35-36-32)37-28(26-17(2)15-18(26)3)34-27(30(37)39)22-11-7-20(8-12-22)19-5-6-19/h7-14,17-19,24,36H,4-6,15-16,32H2,1-3H3,(H2,31,35)(H,33,38)/t17?,18?,24-/m1/s1. The van der Waals surface area contributed by atoms with Gasteiger partial charge >= 0.3 is 0 Å². The second-order valence-corrected chi connectivity index (χ2v) is 10.8. The van der Waals surface area contributed by atoms with E-state index in [1.165, 1.54) is 24.0 Å². The number of benzene rings is 2. The Kier molecular flexibility index (Phi) is 7.52. The molecule has 2 aromatic rings. The third-order valence-corrected chi connectivity index (χ3v) is 8.02. The molecule has 2 aromatic carbocycles. The molecule has 2 aliphatic carbocycles. The molecule has 2 amide bonds. The van der Waals surface area contributed by atoms with Crippen LogP contribution in [0.25, 0.3) is 0 Å². The molecule has 1 heterocycles. The number of nitrogens with two attached hydrogens (primary N) is 2. The van der Waals surface area contributed by atoms with Crippen LogP contribution in [0, 0.1) is 11.8 Å². The van der Waals surface area contributed by atoms with Crippen molar-refractivity contribution in [3.63, 3.8) is 0 Å². The van der Waals surface area contributed by atoms with Gasteiger partial charge in [0.1, 0.15) is 17.4 Å². The molecule has 0 bridgehead atoms. The number of carbonyl (C=O) groups is 2. The first-order chi connectivity index (χ1) is 18.8. The molecule has 1 aliphatic heterocycles. The van der Waals surface area contributed by atoms with E-state index in [4.69, 9.17) is 16.6 Å². The highest BCUT2D eigenvalue weighted by Gasteiger charge is 2.42. The van der Waals surface area contributed by atoms with Crippen LogP contribution in [0.2, 0.25) is 0 Å². The summed E-state index contributed by atoms with van der Waals surface area (Å²) in [7, 11) is 0. The van der Waals surface area contributed by atoms with Crippen molar-refractivity contribution in [2.24, 2.45) is 33.5 Å². The van der Waals surface area contributed by atoms with E-state index >= 15 is 0 Å². The number of hydrogen-bond donors (Lipinski definition) is 4. The molecule has 5 rings (SSSR count). The van der Waals surface area contributed by atoms with Crippen LogP contribution in [-0.2, 0) is 4.79 Å². The number of aliphatic imine (C=N–C) groups is 1. The third-order valence-electron chi connectivity index (χ3n) is 8.02. The predicted octanol–water partition coefficient (Wildman–Crippen LogP) is 3.70. The van der Waals surface area contributed by atoms with Gasteiger partial charge in [0, 0.05) is 11.1 Å². The smallest absolute Gasteiger partial charge is 0.279 e. The van der Waals surface area contributed by atoms with Gasteiger partial charge in [-0.25, -0.2) is 16.4 Å². The summed E-state index contributed by atoms with van der Waals surface area (Å²) in [5.41, 5.74) is 13.2. The van der Waals surface area contributed by atoms with Crippen LogP contribution >= 0.6 is 0 Å². The maximum absolute atomic E-state index is 14.0. The lowest BCUT2D eigenvalue weighted by atomic mass is 9.71. The van der Waals surface area contributed by atoms with Gasteiger partial charge < -0.3 is 11.1 Å². The normalized spacial score (nSPS) is 21.9. The number of hydrazone groups is 1. The Hall–Kier alpha value is -3.98. The highest BCUT2D eigenvalue weighted by molar-refractivity contribution is 6.47. The molecular weight excluding hydrogens is 490 g/mol. The van der Waals surface area contributed by atoms with Gasteiger partial charge in [0.15, 0.2) is 0 Å². The molecule has 39 heavy (non-hydrogen) atoms. The monoisotopic (exact) mass is 527 g/mol. The summed E-state index contributed by atoms with van der Waals surface area (Å²) in [5, 5.41) is 6.34. The molecule has 2 fully saturated rings. The lowest BCUT2D eigenvalue weighted by Gasteiger charge is -2.38. The summed E-state index contributed by atoms with van der Waals surface area (Å²) in [4.78, 5) is 33.5. The molecule has 2 saturated carbocycles. The van der Waals surface area contributed by atoms with Gasteiger partial charge in [-0.15, -0.1) is 0 Å². The molecule has 0 spiro atoms. The summed E-state index contributed by atoms with van der Waals surface area (Å²) in [5.74, 6) is 7.17. The first-order valence-corrected chi connectivity index (χ1v) is 13.7. The minimum absolute atomic E-state index is 0.0691. The molecule has 0 aromatic heterocycles. The summed E-state index contributed by atoms with van der Waals surface area (Å²) in [6, 6.07) is 15.5. The van der Waals surface area contributed by atoms with Crippen molar-refractivity contribution in [1.29, 1.82) is 0 Å². The second-order valence-electron chi connectivity index (χ2n) is 10.8. The second kappa shape index (κ2) is 11.0. The average Bonchev–Trinajstić information content (AvgIpc) is 3.74. The number of amides is 2. The fourth-order valence-electron chi connectivity index (χ4n) is 5.80. The Morgan fingerprint density at radius 2 is 1.77 bits per heavy atom. The number of hydrazine groups is 1. The molecule has 2 unspecified atom stereocenters. The summed E-state index contributed by atoms with van der Waals surface area (Å²) >= 11 is 0. The SMILES string of the molecule is CC[C@H](c1ccc(C(=O)NC/C(N)=N/NN)cc1)N1C(=O)C(c2ccc(C3CC3)cc2)=NC1=C1C(C)CC1C. The van der Waals surface area contributed by atoms with Crippen molar-refractivity contribution < 1.29 is 9.59 Å². The Morgan fingerprint density at radius 3 is 2.33 bits per heavy atom. The third kappa shape index (κ3) is 5.31. The lowest BCUT2D eigenvalue weighted by molar-refractivity contribution is -0.123. The van der Waals surface area contributed by atoms with Gasteiger partial charge in [-0.3, -0.25) is 14.5 Å². The average molecular weight is 528 g/mol. The van der Waals surface area contributed by atoms with Crippen LogP contribution in [-0.4, -0.2) is 34.8 Å². The zero-order valence-electron chi connectivity index (χ0n) is 22.8. The Balaban J connectivity index is 1.42. The van der Waals surface area contributed by atoms with E-state index in [-0.39, 0.29) is 30.2 Å². The van der Waals surface area contributed by atoms with E-state index in [2.05, 4.69) is 48.9 Å². The van der Waals surface area contributed by atoms with Crippen LogP contribution < -0.4 is 22.4 Å². The van der Waals surface area contributed by atoms with Gasteiger partial charge in [0.25, 0.3) is 11.8 Å². The zero-order chi connectivity index (χ0) is 27.7.